The first kappa shape index (κ1) is 28.4. The van der Waals surface area contributed by atoms with Crippen molar-refractivity contribution in [3.05, 3.63) is 71.7 Å². The average molecular weight is 538 g/mol. The summed E-state index contributed by atoms with van der Waals surface area (Å²) < 4.78 is 65.8. The first-order chi connectivity index (χ1) is 17.3. The molecule has 0 aliphatic carbocycles. The number of aliphatic hydroxyl groups excluding tert-OH is 1. The molecule has 0 amide bonds. The van der Waals surface area contributed by atoms with E-state index in [1.807, 2.05) is 32.0 Å². The van der Waals surface area contributed by atoms with Crippen LogP contribution in [0.15, 0.2) is 70.5 Å². The maximum absolute atomic E-state index is 13.2. The van der Waals surface area contributed by atoms with Gasteiger partial charge in [0.25, 0.3) is 0 Å². The Morgan fingerprint density at radius 3 is 2.43 bits per heavy atom. The molecule has 1 aromatic carbocycles. The largest absolute Gasteiger partial charge is 0.417 e. The molecule has 1 aromatic heterocycles. The summed E-state index contributed by atoms with van der Waals surface area (Å²) in [5, 5.41) is 13.5. The summed E-state index contributed by atoms with van der Waals surface area (Å²) in [5.41, 5.74) is 1.70. The molecule has 1 aliphatic rings. The summed E-state index contributed by atoms with van der Waals surface area (Å²) in [6, 6.07) is 8.00. The monoisotopic (exact) mass is 537 g/mol. The van der Waals surface area contributed by atoms with Crippen LogP contribution < -0.4 is 5.32 Å². The summed E-state index contributed by atoms with van der Waals surface area (Å²) in [6.45, 7) is 5.35. The van der Waals surface area contributed by atoms with E-state index in [9.17, 15) is 26.7 Å². The molecule has 1 saturated heterocycles. The molecule has 2 N–H and O–H groups in total. The van der Waals surface area contributed by atoms with Gasteiger partial charge in [-0.05, 0) is 61.5 Å². The number of anilines is 1. The number of pyridine rings is 1. The summed E-state index contributed by atoms with van der Waals surface area (Å²) in [4.78, 5) is 9.54. The molecule has 200 valence electrons. The summed E-state index contributed by atoms with van der Waals surface area (Å²) in [6.07, 6.45) is -1.07. The number of aliphatic imine (C=N–C) groups is 1. The molecule has 0 bridgehead atoms. The molecule has 0 unspecified atom stereocenters. The Hall–Kier alpha value is -3.22. The lowest BCUT2D eigenvalue weighted by atomic mass is 10.0. The standard InChI is InChI=1S/C25H30F3N5O3S/c1-17(13-20(15-29-2)32(3)4)18-5-8-21(9-6-18)37(35,36)33-12-11-22(23(34)16-33)31-24-10-7-19(14-30-24)25(26,27)28/h5-10,13-15,22-23,34H,2,11-12,16H2,1,3-4H3,(H,30,31)/b17-13+,20-15+/t22-,23+/m1/s1. The van der Waals surface area contributed by atoms with Crippen molar-refractivity contribution in [2.45, 2.75) is 36.6 Å². The number of hydrogen-bond acceptors (Lipinski definition) is 7. The summed E-state index contributed by atoms with van der Waals surface area (Å²) in [5.74, 6) is 0.170. The predicted octanol–water partition coefficient (Wildman–Crippen LogP) is 3.84. The molecule has 1 fully saturated rings. The number of sulfonamides is 1. The van der Waals surface area contributed by atoms with Crippen LogP contribution in [0, 0.1) is 0 Å². The number of piperidine rings is 1. The predicted molar refractivity (Wildman–Crippen MR) is 137 cm³/mol. The molecule has 3 rings (SSSR count). The van der Waals surface area contributed by atoms with Crippen LogP contribution in [0.25, 0.3) is 5.57 Å². The van der Waals surface area contributed by atoms with Gasteiger partial charge < -0.3 is 15.3 Å². The average Bonchev–Trinajstić information content (AvgIpc) is 2.84. The van der Waals surface area contributed by atoms with Gasteiger partial charge in [0.2, 0.25) is 10.0 Å². The van der Waals surface area contributed by atoms with Gasteiger partial charge in [0.05, 0.1) is 28.3 Å². The third-order valence-electron chi connectivity index (χ3n) is 6.02. The maximum atomic E-state index is 13.2. The first-order valence-corrected chi connectivity index (χ1v) is 12.9. The Balaban J connectivity index is 1.67. The van der Waals surface area contributed by atoms with Crippen LogP contribution in [0.2, 0.25) is 0 Å². The third-order valence-corrected chi connectivity index (χ3v) is 7.90. The second-order valence-electron chi connectivity index (χ2n) is 8.88. The Labute approximate surface area is 214 Å². The van der Waals surface area contributed by atoms with Crippen LogP contribution >= 0.6 is 0 Å². The maximum Gasteiger partial charge on any atom is 0.417 e. The van der Waals surface area contributed by atoms with Crippen LogP contribution in [0.1, 0.15) is 24.5 Å². The van der Waals surface area contributed by atoms with Crippen molar-refractivity contribution in [3.63, 3.8) is 0 Å². The number of likely N-dealkylation sites (N-methyl/N-ethyl adjacent to an activating group) is 1. The number of aliphatic hydroxyl groups is 1. The van der Waals surface area contributed by atoms with E-state index in [1.165, 1.54) is 22.5 Å². The van der Waals surface area contributed by atoms with Gasteiger partial charge in [-0.15, -0.1) is 0 Å². The van der Waals surface area contributed by atoms with Crippen molar-refractivity contribution in [1.29, 1.82) is 0 Å². The zero-order valence-corrected chi connectivity index (χ0v) is 21.6. The number of alkyl halides is 3. The molecule has 8 nitrogen and oxygen atoms in total. The van der Waals surface area contributed by atoms with Gasteiger partial charge in [-0.25, -0.2) is 13.4 Å². The van der Waals surface area contributed by atoms with E-state index in [0.29, 0.717) is 6.20 Å². The highest BCUT2D eigenvalue weighted by Crippen LogP contribution is 2.29. The molecule has 2 heterocycles. The van der Waals surface area contributed by atoms with Crippen molar-refractivity contribution in [1.82, 2.24) is 14.2 Å². The molecular formula is C25H30F3N5O3S. The topological polar surface area (TPSA) is 98.1 Å². The zero-order chi connectivity index (χ0) is 27.4. The van der Waals surface area contributed by atoms with E-state index in [1.54, 1.807) is 18.3 Å². The fraction of sp³-hybridized carbons (Fsp3) is 0.360. The smallest absolute Gasteiger partial charge is 0.390 e. The van der Waals surface area contributed by atoms with Crippen LogP contribution in [0.5, 0.6) is 0 Å². The molecule has 37 heavy (non-hydrogen) atoms. The Bertz CT molecular complexity index is 1260. The van der Waals surface area contributed by atoms with Crippen molar-refractivity contribution < 1.29 is 26.7 Å². The van der Waals surface area contributed by atoms with E-state index >= 15 is 0 Å². The van der Waals surface area contributed by atoms with Gasteiger partial charge in [0.1, 0.15) is 5.82 Å². The van der Waals surface area contributed by atoms with Crippen LogP contribution in [-0.4, -0.2) is 73.8 Å². The van der Waals surface area contributed by atoms with Gasteiger partial charge in [0.15, 0.2) is 0 Å². The minimum absolute atomic E-state index is 0.100. The number of nitrogens with zero attached hydrogens (tertiary/aromatic N) is 4. The van der Waals surface area contributed by atoms with Crippen LogP contribution in [-0.2, 0) is 16.2 Å². The van der Waals surface area contributed by atoms with Gasteiger partial charge in [-0.2, -0.15) is 17.5 Å². The molecule has 0 saturated carbocycles. The lowest BCUT2D eigenvalue weighted by molar-refractivity contribution is -0.137. The molecule has 2 aromatic rings. The number of benzene rings is 1. The van der Waals surface area contributed by atoms with E-state index < -0.39 is 33.9 Å². The SMILES string of the molecule is C=N/C=C(\C=C(/C)c1ccc(S(=O)(=O)N2CC[C@@H](Nc3ccc(C(F)(F)F)cn3)[C@@H](O)C2)cc1)N(C)C. The zero-order valence-electron chi connectivity index (χ0n) is 20.8. The number of nitrogens with one attached hydrogen (secondary N) is 1. The fourth-order valence-electron chi connectivity index (χ4n) is 3.85. The minimum Gasteiger partial charge on any atom is -0.390 e. The van der Waals surface area contributed by atoms with Gasteiger partial charge in [-0.1, -0.05) is 12.1 Å². The molecule has 2 atom stereocenters. The highest BCUT2D eigenvalue weighted by Gasteiger charge is 2.35. The molecular weight excluding hydrogens is 507 g/mol. The third kappa shape index (κ3) is 6.96. The fourth-order valence-corrected chi connectivity index (χ4v) is 5.32. The van der Waals surface area contributed by atoms with E-state index in [0.717, 1.165) is 22.9 Å². The first-order valence-electron chi connectivity index (χ1n) is 11.4. The summed E-state index contributed by atoms with van der Waals surface area (Å²) in [7, 11) is -0.101. The van der Waals surface area contributed by atoms with Gasteiger partial charge in [-0.3, -0.25) is 4.99 Å². The molecule has 12 heteroatoms. The van der Waals surface area contributed by atoms with Gasteiger partial charge in [0, 0.05) is 39.6 Å². The van der Waals surface area contributed by atoms with Crippen molar-refractivity contribution >= 4 is 28.1 Å². The number of allylic oxidation sites excluding steroid dienone is 2. The molecule has 0 spiro atoms. The Kier molecular flexibility index (Phi) is 8.77. The Morgan fingerprint density at radius 1 is 1.24 bits per heavy atom. The second-order valence-corrected chi connectivity index (χ2v) is 10.8. The molecule has 1 aliphatic heterocycles. The number of halogens is 3. The number of hydrogen-bond donors (Lipinski definition) is 2. The van der Waals surface area contributed by atoms with Crippen molar-refractivity contribution in [2.24, 2.45) is 4.99 Å². The number of β-amino-alcohol motifs (C(OH)–C–C–N with tert-alkyl or cyclic N) is 1. The summed E-state index contributed by atoms with van der Waals surface area (Å²) >= 11 is 0. The number of rotatable bonds is 8. The van der Waals surface area contributed by atoms with E-state index in [2.05, 4.69) is 22.0 Å². The van der Waals surface area contributed by atoms with Crippen LogP contribution in [0.3, 0.4) is 0 Å². The van der Waals surface area contributed by atoms with Crippen LogP contribution in [0.4, 0.5) is 19.0 Å². The van der Waals surface area contributed by atoms with Crippen molar-refractivity contribution in [3.8, 4) is 0 Å². The lowest BCUT2D eigenvalue weighted by Gasteiger charge is -2.35. The minimum atomic E-state index is -4.49. The quantitative estimate of drug-likeness (QED) is 0.392. The van der Waals surface area contributed by atoms with Crippen molar-refractivity contribution in [2.75, 3.05) is 32.5 Å². The molecule has 0 radical (unpaired) electrons. The highest BCUT2D eigenvalue weighted by atomic mass is 32.2. The number of aromatic nitrogens is 1. The second kappa shape index (κ2) is 11.4. The normalized spacial score (nSPS) is 20.0. The van der Waals surface area contributed by atoms with Gasteiger partial charge >= 0.3 is 6.18 Å². The van der Waals surface area contributed by atoms with E-state index in [-0.39, 0.29) is 30.2 Å². The lowest BCUT2D eigenvalue weighted by Crippen LogP contribution is -2.51. The van der Waals surface area contributed by atoms with E-state index in [4.69, 9.17) is 0 Å². The highest BCUT2D eigenvalue weighted by molar-refractivity contribution is 7.89. The Morgan fingerprint density at radius 2 is 1.92 bits per heavy atom.